The molecule has 0 aromatic heterocycles. The van der Waals surface area contributed by atoms with Gasteiger partial charge >= 0.3 is 0 Å². The van der Waals surface area contributed by atoms with E-state index in [1.165, 1.54) is 5.56 Å². The van der Waals surface area contributed by atoms with E-state index in [1.807, 2.05) is 12.1 Å². The molecule has 2 atom stereocenters. The van der Waals surface area contributed by atoms with Gasteiger partial charge in [0.1, 0.15) is 0 Å². The molecule has 0 spiro atoms. The number of primary amides is 1. The summed E-state index contributed by atoms with van der Waals surface area (Å²) < 4.78 is 0. The summed E-state index contributed by atoms with van der Waals surface area (Å²) >= 11 is 0. The maximum Gasteiger partial charge on any atom is 0.221 e. The maximum atomic E-state index is 11.8. The zero-order valence-electron chi connectivity index (χ0n) is 13.6. The van der Waals surface area contributed by atoms with Crippen molar-refractivity contribution in [1.82, 2.24) is 0 Å². The molecule has 1 amide bonds. The van der Waals surface area contributed by atoms with Crippen molar-refractivity contribution >= 4 is 11.7 Å². The van der Waals surface area contributed by atoms with Crippen molar-refractivity contribution in [3.05, 3.63) is 59.2 Å². The summed E-state index contributed by atoms with van der Waals surface area (Å²) in [7, 11) is 0. The fourth-order valence-electron chi connectivity index (χ4n) is 4.26. The molecule has 24 heavy (non-hydrogen) atoms. The Bertz CT molecular complexity index is 807. The van der Waals surface area contributed by atoms with Crippen LogP contribution in [0.1, 0.15) is 53.1 Å². The molecule has 3 nitrogen and oxygen atoms in total. The number of rotatable bonds is 3. The van der Waals surface area contributed by atoms with E-state index < -0.39 is 0 Å². The van der Waals surface area contributed by atoms with E-state index in [4.69, 9.17) is 5.73 Å². The highest BCUT2D eigenvalue weighted by Crippen LogP contribution is 2.40. The maximum absolute atomic E-state index is 11.8. The summed E-state index contributed by atoms with van der Waals surface area (Å²) in [6.45, 7) is 0. The van der Waals surface area contributed by atoms with E-state index in [1.54, 1.807) is 0 Å². The molecule has 2 unspecified atom stereocenters. The van der Waals surface area contributed by atoms with Crippen molar-refractivity contribution in [2.24, 2.45) is 11.7 Å². The molecule has 122 valence electrons. The first-order chi connectivity index (χ1) is 11.6. The first-order valence-electron chi connectivity index (χ1n) is 8.69. The summed E-state index contributed by atoms with van der Waals surface area (Å²) in [6, 6.07) is 14.6. The van der Waals surface area contributed by atoms with Crippen molar-refractivity contribution in [2.45, 2.75) is 38.0 Å². The summed E-state index contributed by atoms with van der Waals surface area (Å²) in [5.74, 6) is 0.312. The van der Waals surface area contributed by atoms with Crippen LogP contribution in [0.4, 0.5) is 0 Å². The highest BCUT2D eigenvalue weighted by Gasteiger charge is 2.32. The zero-order chi connectivity index (χ0) is 16.7. The molecule has 2 aromatic carbocycles. The van der Waals surface area contributed by atoms with Gasteiger partial charge in [0.15, 0.2) is 5.78 Å². The zero-order valence-corrected chi connectivity index (χ0v) is 13.6. The lowest BCUT2D eigenvalue weighted by Gasteiger charge is -2.17. The van der Waals surface area contributed by atoms with Crippen LogP contribution in [0.15, 0.2) is 42.5 Å². The standard InChI is InChI=1S/C21H21NO2/c22-21(24)19-3-1-2-17(19)14-6-4-13(5-7-14)15-8-10-18-16(12-15)9-11-20(18)23/h4-8,10,12,17,19H,1-3,9,11H2,(H2,22,24). The number of ketones is 1. The number of Topliss-reactive ketones (excluding diaryl/α,β-unsaturated/α-hetero) is 1. The van der Waals surface area contributed by atoms with Gasteiger partial charge in [-0.2, -0.15) is 0 Å². The van der Waals surface area contributed by atoms with Gasteiger partial charge in [-0.1, -0.05) is 48.9 Å². The van der Waals surface area contributed by atoms with E-state index in [9.17, 15) is 9.59 Å². The molecule has 2 aliphatic rings. The molecule has 2 aliphatic carbocycles. The Kier molecular flexibility index (Phi) is 3.72. The third kappa shape index (κ3) is 2.54. The van der Waals surface area contributed by atoms with E-state index in [0.717, 1.165) is 47.9 Å². The molecular formula is C21H21NO2. The van der Waals surface area contributed by atoms with Crippen LogP contribution in [-0.2, 0) is 11.2 Å². The Labute approximate surface area is 141 Å². The minimum absolute atomic E-state index is 0.0261. The SMILES string of the molecule is NC(=O)C1CCCC1c1ccc(-c2ccc3c(c2)CCC3=O)cc1. The van der Waals surface area contributed by atoms with Gasteiger partial charge in [0, 0.05) is 17.9 Å². The lowest BCUT2D eigenvalue weighted by molar-refractivity contribution is -0.122. The van der Waals surface area contributed by atoms with Crippen LogP contribution in [0.5, 0.6) is 0 Å². The third-order valence-corrected chi connectivity index (χ3v) is 5.58. The first-order valence-corrected chi connectivity index (χ1v) is 8.69. The predicted octanol–water partition coefficient (Wildman–Crippen LogP) is 3.85. The quantitative estimate of drug-likeness (QED) is 0.934. The number of fused-ring (bicyclic) bond motifs is 1. The van der Waals surface area contributed by atoms with Crippen molar-refractivity contribution < 1.29 is 9.59 Å². The Morgan fingerprint density at radius 3 is 2.46 bits per heavy atom. The Morgan fingerprint density at radius 1 is 0.958 bits per heavy atom. The molecule has 0 saturated heterocycles. The van der Waals surface area contributed by atoms with Crippen LogP contribution >= 0.6 is 0 Å². The Balaban J connectivity index is 1.60. The second-order valence-corrected chi connectivity index (χ2v) is 6.96. The monoisotopic (exact) mass is 319 g/mol. The molecule has 4 rings (SSSR count). The Hall–Kier alpha value is -2.42. The molecule has 3 heteroatoms. The number of benzene rings is 2. The molecular weight excluding hydrogens is 298 g/mol. The molecule has 2 aromatic rings. The van der Waals surface area contributed by atoms with Gasteiger partial charge in [-0.05, 0) is 47.4 Å². The first kappa shape index (κ1) is 15.1. The van der Waals surface area contributed by atoms with Crippen molar-refractivity contribution in [1.29, 1.82) is 0 Å². The largest absolute Gasteiger partial charge is 0.369 e. The number of aryl methyl sites for hydroxylation is 1. The molecule has 0 heterocycles. The summed E-state index contributed by atoms with van der Waals surface area (Å²) in [6.07, 6.45) is 4.49. The van der Waals surface area contributed by atoms with E-state index in [2.05, 4.69) is 30.3 Å². The van der Waals surface area contributed by atoms with Crippen molar-refractivity contribution in [2.75, 3.05) is 0 Å². The predicted molar refractivity (Wildman–Crippen MR) is 93.8 cm³/mol. The smallest absolute Gasteiger partial charge is 0.221 e. The average Bonchev–Trinajstić information content (AvgIpc) is 3.22. The van der Waals surface area contributed by atoms with Gasteiger partial charge in [-0.15, -0.1) is 0 Å². The Morgan fingerprint density at radius 2 is 1.71 bits per heavy atom. The summed E-state index contributed by atoms with van der Waals surface area (Å²) in [4.78, 5) is 23.4. The van der Waals surface area contributed by atoms with Gasteiger partial charge in [0.25, 0.3) is 0 Å². The van der Waals surface area contributed by atoms with Crippen molar-refractivity contribution in [3.63, 3.8) is 0 Å². The van der Waals surface area contributed by atoms with Gasteiger partial charge < -0.3 is 5.73 Å². The minimum Gasteiger partial charge on any atom is -0.369 e. The second kappa shape index (κ2) is 5.90. The highest BCUT2D eigenvalue weighted by molar-refractivity contribution is 6.00. The fourth-order valence-corrected chi connectivity index (χ4v) is 4.26. The third-order valence-electron chi connectivity index (χ3n) is 5.58. The number of amides is 1. The van der Waals surface area contributed by atoms with Crippen LogP contribution < -0.4 is 5.73 Å². The fraction of sp³-hybridized carbons (Fsp3) is 0.333. The normalized spacial score (nSPS) is 22.6. The summed E-state index contributed by atoms with van der Waals surface area (Å²) in [5.41, 5.74) is 11.1. The molecule has 1 fully saturated rings. The number of carbonyl (C=O) groups is 2. The van der Waals surface area contributed by atoms with Crippen molar-refractivity contribution in [3.8, 4) is 11.1 Å². The van der Waals surface area contributed by atoms with Crippen LogP contribution in [0.2, 0.25) is 0 Å². The van der Waals surface area contributed by atoms with Crippen LogP contribution in [0.25, 0.3) is 11.1 Å². The van der Waals surface area contributed by atoms with E-state index >= 15 is 0 Å². The van der Waals surface area contributed by atoms with Crippen LogP contribution in [0, 0.1) is 5.92 Å². The van der Waals surface area contributed by atoms with Gasteiger partial charge in [-0.3, -0.25) is 9.59 Å². The number of hydrogen-bond donors (Lipinski definition) is 1. The lowest BCUT2D eigenvalue weighted by atomic mass is 9.87. The summed E-state index contributed by atoms with van der Waals surface area (Å²) in [5, 5.41) is 0. The highest BCUT2D eigenvalue weighted by atomic mass is 16.1. The molecule has 0 radical (unpaired) electrons. The van der Waals surface area contributed by atoms with Crippen LogP contribution in [-0.4, -0.2) is 11.7 Å². The molecule has 0 bridgehead atoms. The number of hydrogen-bond acceptors (Lipinski definition) is 2. The van der Waals surface area contributed by atoms with E-state index in [-0.39, 0.29) is 23.5 Å². The minimum atomic E-state index is -0.176. The lowest BCUT2D eigenvalue weighted by Crippen LogP contribution is -2.25. The average molecular weight is 319 g/mol. The molecule has 2 N–H and O–H groups in total. The van der Waals surface area contributed by atoms with Gasteiger partial charge in [-0.25, -0.2) is 0 Å². The number of carbonyl (C=O) groups excluding carboxylic acids is 2. The second-order valence-electron chi connectivity index (χ2n) is 6.96. The number of nitrogens with two attached hydrogens (primary N) is 1. The van der Waals surface area contributed by atoms with Gasteiger partial charge in [0.2, 0.25) is 5.91 Å². The topological polar surface area (TPSA) is 60.2 Å². The van der Waals surface area contributed by atoms with E-state index in [0.29, 0.717) is 6.42 Å². The van der Waals surface area contributed by atoms with Gasteiger partial charge in [0.05, 0.1) is 0 Å². The molecule has 0 aliphatic heterocycles. The van der Waals surface area contributed by atoms with Crippen LogP contribution in [0.3, 0.4) is 0 Å². The molecule has 1 saturated carbocycles.